The fourth-order valence-corrected chi connectivity index (χ4v) is 6.52. The minimum Gasteiger partial charge on any atom is -0.256 e. The summed E-state index contributed by atoms with van der Waals surface area (Å²) in [5.74, 6) is 0.681. The molecule has 3 heterocycles. The smallest absolute Gasteiger partial charge is 0.159 e. The molecule has 204 valence electrons. The maximum atomic E-state index is 4.56. The summed E-state index contributed by atoms with van der Waals surface area (Å²) in [5.41, 5.74) is 8.57. The van der Waals surface area contributed by atoms with E-state index in [1.165, 1.54) is 43.4 Å². The van der Waals surface area contributed by atoms with Gasteiger partial charge in [-0.15, -0.1) is 0 Å². The van der Waals surface area contributed by atoms with Gasteiger partial charge < -0.3 is 0 Å². The van der Waals surface area contributed by atoms with Gasteiger partial charge in [0.15, 0.2) is 5.82 Å². The van der Waals surface area contributed by atoms with Crippen LogP contribution in [0.4, 0.5) is 0 Å². The second kappa shape index (κ2) is 9.75. The molecule has 9 aromatic rings. The third kappa shape index (κ3) is 3.91. The summed E-state index contributed by atoms with van der Waals surface area (Å²) < 4.78 is 0. The zero-order chi connectivity index (χ0) is 29.0. The zero-order valence-electron chi connectivity index (χ0n) is 23.5. The average Bonchev–Trinajstić information content (AvgIpc) is 3.11. The first-order chi connectivity index (χ1) is 21.8. The minimum absolute atomic E-state index is 0.681. The average molecular weight is 562 g/mol. The lowest BCUT2D eigenvalue weighted by Crippen LogP contribution is -1.92. The molecule has 0 atom stereocenters. The van der Waals surface area contributed by atoms with Crippen molar-refractivity contribution in [3.63, 3.8) is 0 Å². The SMILES string of the molecule is c1cnc(-c2cc(-c3cncnc3)cc(-c3ccc4ccc5ccc(-c6ccc7ncccc7c6)c6ccc3c4c56)c2)nc1. The normalized spacial score (nSPS) is 11.6. The van der Waals surface area contributed by atoms with E-state index >= 15 is 0 Å². The summed E-state index contributed by atoms with van der Waals surface area (Å²) in [4.78, 5) is 22.2. The third-order valence-electron chi connectivity index (χ3n) is 8.54. The number of aromatic nitrogens is 5. The van der Waals surface area contributed by atoms with Crippen molar-refractivity contribution >= 4 is 43.2 Å². The van der Waals surface area contributed by atoms with E-state index in [0.717, 1.165) is 38.7 Å². The first-order valence-electron chi connectivity index (χ1n) is 14.5. The van der Waals surface area contributed by atoms with Crippen LogP contribution in [0, 0.1) is 0 Å². The summed E-state index contributed by atoms with van der Waals surface area (Å²) in [6.45, 7) is 0. The Morgan fingerprint density at radius 1 is 0.409 bits per heavy atom. The second-order valence-electron chi connectivity index (χ2n) is 11.1. The molecule has 5 nitrogen and oxygen atoms in total. The Morgan fingerprint density at radius 3 is 1.80 bits per heavy atom. The first-order valence-corrected chi connectivity index (χ1v) is 14.5. The van der Waals surface area contributed by atoms with Crippen LogP contribution in [-0.2, 0) is 0 Å². The van der Waals surface area contributed by atoms with Gasteiger partial charge in [0.1, 0.15) is 6.33 Å². The van der Waals surface area contributed by atoms with Crippen LogP contribution in [0.3, 0.4) is 0 Å². The molecule has 44 heavy (non-hydrogen) atoms. The van der Waals surface area contributed by atoms with Crippen molar-refractivity contribution in [2.75, 3.05) is 0 Å². The molecule has 6 aromatic carbocycles. The number of fused-ring (bicyclic) bond motifs is 1. The molecule has 0 amide bonds. The van der Waals surface area contributed by atoms with Crippen LogP contribution in [0.5, 0.6) is 0 Å². The van der Waals surface area contributed by atoms with E-state index in [2.05, 4.69) is 116 Å². The Labute approximate surface area is 252 Å². The highest BCUT2D eigenvalue weighted by Crippen LogP contribution is 2.43. The molecule has 0 unspecified atom stereocenters. The van der Waals surface area contributed by atoms with E-state index in [9.17, 15) is 0 Å². The zero-order valence-corrected chi connectivity index (χ0v) is 23.5. The van der Waals surface area contributed by atoms with Crippen molar-refractivity contribution in [1.82, 2.24) is 24.9 Å². The van der Waals surface area contributed by atoms with Crippen LogP contribution in [0.2, 0.25) is 0 Å². The van der Waals surface area contributed by atoms with Gasteiger partial charge in [-0.05, 0) is 103 Å². The molecule has 0 aliphatic carbocycles. The van der Waals surface area contributed by atoms with Crippen LogP contribution < -0.4 is 0 Å². The van der Waals surface area contributed by atoms with Crippen LogP contribution >= 0.6 is 0 Å². The lowest BCUT2D eigenvalue weighted by molar-refractivity contribution is 1.17. The fraction of sp³-hybridized carbons (Fsp3) is 0. The number of rotatable bonds is 4. The highest BCUT2D eigenvalue weighted by Gasteiger charge is 2.17. The van der Waals surface area contributed by atoms with Gasteiger partial charge in [-0.1, -0.05) is 60.7 Å². The van der Waals surface area contributed by atoms with Gasteiger partial charge in [0.05, 0.1) is 5.52 Å². The van der Waals surface area contributed by atoms with Gasteiger partial charge in [-0.25, -0.2) is 19.9 Å². The molecule has 0 fully saturated rings. The summed E-state index contributed by atoms with van der Waals surface area (Å²) in [7, 11) is 0. The van der Waals surface area contributed by atoms with E-state index in [-0.39, 0.29) is 0 Å². The molecule has 0 aliphatic rings. The molecule has 5 heteroatoms. The van der Waals surface area contributed by atoms with E-state index in [1.54, 1.807) is 18.7 Å². The lowest BCUT2D eigenvalue weighted by atomic mass is 9.86. The molecule has 9 rings (SSSR count). The maximum Gasteiger partial charge on any atom is 0.159 e. The number of hydrogen-bond donors (Lipinski definition) is 0. The van der Waals surface area contributed by atoms with Crippen molar-refractivity contribution < 1.29 is 0 Å². The molecule has 0 N–H and O–H groups in total. The van der Waals surface area contributed by atoms with Gasteiger partial charge >= 0.3 is 0 Å². The molecule has 3 aromatic heterocycles. The molecule has 0 saturated heterocycles. The van der Waals surface area contributed by atoms with Crippen molar-refractivity contribution in [3.8, 4) is 44.8 Å². The van der Waals surface area contributed by atoms with Gasteiger partial charge in [0.2, 0.25) is 0 Å². The van der Waals surface area contributed by atoms with E-state index < -0.39 is 0 Å². The second-order valence-corrected chi connectivity index (χ2v) is 11.1. The van der Waals surface area contributed by atoms with Crippen molar-refractivity contribution in [1.29, 1.82) is 0 Å². The molecule has 0 bridgehead atoms. The van der Waals surface area contributed by atoms with Gasteiger partial charge in [0, 0.05) is 47.5 Å². The minimum atomic E-state index is 0.681. The molecule has 0 spiro atoms. The Hall–Kier alpha value is -6.07. The third-order valence-corrected chi connectivity index (χ3v) is 8.54. The fourth-order valence-electron chi connectivity index (χ4n) is 6.52. The van der Waals surface area contributed by atoms with Crippen molar-refractivity contribution in [2.24, 2.45) is 0 Å². The first kappa shape index (κ1) is 24.5. The summed E-state index contributed by atoms with van der Waals surface area (Å²) in [6.07, 6.45) is 10.6. The monoisotopic (exact) mass is 561 g/mol. The van der Waals surface area contributed by atoms with E-state index in [0.29, 0.717) is 5.82 Å². The van der Waals surface area contributed by atoms with Gasteiger partial charge in [0.25, 0.3) is 0 Å². The topological polar surface area (TPSA) is 64.5 Å². The predicted octanol–water partition coefficient (Wildman–Crippen LogP) is 9.38. The van der Waals surface area contributed by atoms with E-state index in [4.69, 9.17) is 0 Å². The van der Waals surface area contributed by atoms with Crippen LogP contribution in [-0.4, -0.2) is 24.9 Å². The lowest BCUT2D eigenvalue weighted by Gasteiger charge is -2.17. The van der Waals surface area contributed by atoms with Crippen LogP contribution in [0.1, 0.15) is 0 Å². The summed E-state index contributed by atoms with van der Waals surface area (Å²) in [5, 5.41) is 8.60. The quantitative estimate of drug-likeness (QED) is 0.200. The standard InChI is InChI=1S/C39H23N5/c1-3-27-17-26(8-13-36(27)42-14-1)32-9-6-24-4-5-25-7-10-33(35-12-11-34(32)37(24)38(25)35)29-18-28(31-21-40-23-41-22-31)19-30(20-29)39-43-15-2-16-44-39/h1-23H. The Bertz CT molecular complexity index is 2430. The molecular formula is C39H23N5. The predicted molar refractivity (Wildman–Crippen MR) is 178 cm³/mol. The summed E-state index contributed by atoms with van der Waals surface area (Å²) in [6, 6.07) is 37.0. The number of nitrogens with zero attached hydrogens (tertiary/aromatic N) is 5. The summed E-state index contributed by atoms with van der Waals surface area (Å²) >= 11 is 0. The molecular weight excluding hydrogens is 538 g/mol. The Kier molecular flexibility index (Phi) is 5.43. The highest BCUT2D eigenvalue weighted by atomic mass is 14.9. The largest absolute Gasteiger partial charge is 0.256 e. The molecule has 0 saturated carbocycles. The van der Waals surface area contributed by atoms with Crippen LogP contribution in [0.15, 0.2) is 140 Å². The Balaban J connectivity index is 1.30. The molecule has 0 radical (unpaired) electrons. The highest BCUT2D eigenvalue weighted by molar-refractivity contribution is 6.27. The van der Waals surface area contributed by atoms with Crippen molar-refractivity contribution in [3.05, 3.63) is 140 Å². The van der Waals surface area contributed by atoms with Gasteiger partial charge in [-0.3, -0.25) is 4.98 Å². The van der Waals surface area contributed by atoms with Gasteiger partial charge in [-0.2, -0.15) is 0 Å². The van der Waals surface area contributed by atoms with Crippen molar-refractivity contribution in [2.45, 2.75) is 0 Å². The maximum absolute atomic E-state index is 4.56. The van der Waals surface area contributed by atoms with E-state index in [1.807, 2.05) is 30.7 Å². The number of pyridine rings is 1. The Morgan fingerprint density at radius 2 is 1.05 bits per heavy atom. The van der Waals surface area contributed by atoms with Crippen LogP contribution in [0.25, 0.3) is 88.0 Å². The number of hydrogen-bond acceptors (Lipinski definition) is 5. The molecule has 0 aliphatic heterocycles. The number of benzene rings is 6.